The quantitative estimate of drug-likeness (QED) is 0.815. The van der Waals surface area contributed by atoms with Crippen molar-refractivity contribution in [1.29, 1.82) is 0 Å². The van der Waals surface area contributed by atoms with Crippen molar-refractivity contribution in [1.82, 2.24) is 10.2 Å². The first kappa shape index (κ1) is 17.5. The third-order valence-electron chi connectivity index (χ3n) is 3.86. The molecule has 1 N–H and O–H groups in total. The summed E-state index contributed by atoms with van der Waals surface area (Å²) in [6.07, 6.45) is 0.601. The summed E-state index contributed by atoms with van der Waals surface area (Å²) in [5.41, 5.74) is 1.48. The molecule has 3 rings (SSSR count). The van der Waals surface area contributed by atoms with Crippen LogP contribution in [0.1, 0.15) is 26.3 Å². The average Bonchev–Trinajstić information content (AvgIpc) is 2.79. The lowest BCUT2D eigenvalue weighted by Gasteiger charge is -2.13. The number of benzene rings is 2. The predicted octanol–water partition coefficient (Wildman–Crippen LogP) is 2.95. The highest BCUT2D eigenvalue weighted by Gasteiger charge is 2.36. The molecule has 1 aliphatic heterocycles. The van der Waals surface area contributed by atoms with Crippen LogP contribution in [0.25, 0.3) is 0 Å². The van der Waals surface area contributed by atoms with E-state index < -0.39 is 17.7 Å². The van der Waals surface area contributed by atoms with E-state index in [0.717, 1.165) is 10.5 Å². The van der Waals surface area contributed by atoms with Crippen molar-refractivity contribution in [2.75, 3.05) is 13.1 Å². The number of nitrogens with zero attached hydrogens (tertiary/aromatic N) is 1. The predicted molar refractivity (Wildman–Crippen MR) is 95.0 cm³/mol. The molecule has 25 heavy (non-hydrogen) atoms. The maximum atomic E-state index is 12.3. The van der Waals surface area contributed by atoms with Gasteiger partial charge in [-0.15, -0.1) is 0 Å². The van der Waals surface area contributed by atoms with E-state index in [0.29, 0.717) is 23.0 Å². The molecular weight excluding hydrogens is 363 g/mol. The Kier molecular flexibility index (Phi) is 5.06. The molecule has 0 saturated heterocycles. The largest absolute Gasteiger partial charge is 0.354 e. The van der Waals surface area contributed by atoms with Crippen LogP contribution in [0, 0.1) is 0 Å². The molecule has 2 aromatic carbocycles. The van der Waals surface area contributed by atoms with Crippen molar-refractivity contribution in [3.05, 3.63) is 69.2 Å². The average molecular weight is 377 g/mol. The second-order valence-electron chi connectivity index (χ2n) is 5.62. The van der Waals surface area contributed by atoms with Gasteiger partial charge in [-0.05, 0) is 42.3 Å². The van der Waals surface area contributed by atoms with E-state index in [4.69, 9.17) is 23.2 Å². The van der Waals surface area contributed by atoms with Gasteiger partial charge in [-0.3, -0.25) is 19.3 Å². The zero-order chi connectivity index (χ0) is 18.0. The van der Waals surface area contributed by atoms with Crippen molar-refractivity contribution < 1.29 is 14.4 Å². The lowest BCUT2D eigenvalue weighted by atomic mass is 10.1. The summed E-state index contributed by atoms with van der Waals surface area (Å²) >= 11 is 11.8. The lowest BCUT2D eigenvalue weighted by molar-refractivity contribution is -0.121. The summed E-state index contributed by atoms with van der Waals surface area (Å²) in [6, 6.07) is 11.8. The van der Waals surface area contributed by atoms with Gasteiger partial charge in [0.2, 0.25) is 5.91 Å². The van der Waals surface area contributed by atoms with E-state index in [1.54, 1.807) is 12.1 Å². The molecule has 1 aliphatic rings. The van der Waals surface area contributed by atoms with Gasteiger partial charge in [0, 0.05) is 16.6 Å². The highest BCUT2D eigenvalue weighted by atomic mass is 35.5. The first-order valence-corrected chi connectivity index (χ1v) is 8.38. The number of rotatable bonds is 5. The fourth-order valence-corrected chi connectivity index (χ4v) is 3.03. The first-order chi connectivity index (χ1) is 12.0. The normalized spacial score (nSPS) is 13.1. The van der Waals surface area contributed by atoms with Crippen LogP contribution in [0.5, 0.6) is 0 Å². The van der Waals surface area contributed by atoms with Crippen LogP contribution in [0.15, 0.2) is 42.5 Å². The van der Waals surface area contributed by atoms with Crippen LogP contribution in [0.4, 0.5) is 0 Å². The van der Waals surface area contributed by atoms with Gasteiger partial charge in [0.1, 0.15) is 6.54 Å². The maximum Gasteiger partial charge on any atom is 0.262 e. The van der Waals surface area contributed by atoms with Crippen LogP contribution in [-0.4, -0.2) is 35.7 Å². The third kappa shape index (κ3) is 3.83. The number of hydrogen-bond donors (Lipinski definition) is 1. The Bertz CT molecular complexity index is 867. The molecule has 128 valence electrons. The molecule has 3 amide bonds. The molecule has 7 heteroatoms. The molecule has 0 aliphatic carbocycles. The van der Waals surface area contributed by atoms with Gasteiger partial charge >= 0.3 is 0 Å². The van der Waals surface area contributed by atoms with Crippen LogP contribution < -0.4 is 5.32 Å². The molecule has 0 bridgehead atoms. The summed E-state index contributed by atoms with van der Waals surface area (Å²) in [5, 5.41) is 3.70. The standard InChI is InChI=1S/C18H14Cl2N2O3/c19-12-3-1-2-11(8-12)6-7-21-16(23)10-22-17(24)14-5-4-13(20)9-15(14)18(22)25/h1-5,8-9H,6-7,10H2,(H,21,23). The van der Waals surface area contributed by atoms with Gasteiger partial charge in [-0.1, -0.05) is 35.3 Å². The number of amides is 3. The third-order valence-corrected chi connectivity index (χ3v) is 4.33. The minimum absolute atomic E-state index is 0.226. The van der Waals surface area contributed by atoms with Crippen LogP contribution in [0.2, 0.25) is 10.0 Å². The molecule has 0 aromatic heterocycles. The fraction of sp³-hybridized carbons (Fsp3) is 0.167. The second kappa shape index (κ2) is 7.25. The van der Waals surface area contributed by atoms with Gasteiger partial charge in [0.05, 0.1) is 11.1 Å². The van der Waals surface area contributed by atoms with Crippen LogP contribution in [-0.2, 0) is 11.2 Å². The highest BCUT2D eigenvalue weighted by Crippen LogP contribution is 2.25. The number of carbonyl (C=O) groups is 3. The zero-order valence-electron chi connectivity index (χ0n) is 13.1. The monoisotopic (exact) mass is 376 g/mol. The fourth-order valence-electron chi connectivity index (χ4n) is 2.64. The Morgan fingerprint density at radius 1 is 0.960 bits per heavy atom. The van der Waals surface area contributed by atoms with Crippen molar-refractivity contribution in [3.8, 4) is 0 Å². The Morgan fingerprint density at radius 2 is 1.68 bits per heavy atom. The minimum Gasteiger partial charge on any atom is -0.354 e. The number of carbonyl (C=O) groups excluding carboxylic acids is 3. The Hall–Kier alpha value is -2.37. The molecule has 0 fully saturated rings. The van der Waals surface area contributed by atoms with Gasteiger partial charge in [0.25, 0.3) is 11.8 Å². The van der Waals surface area contributed by atoms with Gasteiger partial charge in [-0.2, -0.15) is 0 Å². The summed E-state index contributed by atoms with van der Waals surface area (Å²) in [5.74, 6) is -1.39. The molecule has 1 heterocycles. The summed E-state index contributed by atoms with van der Waals surface area (Å²) in [4.78, 5) is 37.5. The van der Waals surface area contributed by atoms with Crippen LogP contribution >= 0.6 is 23.2 Å². The molecule has 5 nitrogen and oxygen atoms in total. The Labute approximate surface area is 154 Å². The lowest BCUT2D eigenvalue weighted by Crippen LogP contribution is -2.40. The number of hydrogen-bond acceptors (Lipinski definition) is 3. The number of imide groups is 1. The zero-order valence-corrected chi connectivity index (χ0v) is 14.6. The maximum absolute atomic E-state index is 12.3. The molecule has 0 saturated carbocycles. The van der Waals surface area contributed by atoms with Gasteiger partial charge in [-0.25, -0.2) is 0 Å². The van der Waals surface area contributed by atoms with Gasteiger partial charge in [0.15, 0.2) is 0 Å². The number of halogens is 2. The number of fused-ring (bicyclic) bond motifs is 1. The van der Waals surface area contributed by atoms with E-state index >= 15 is 0 Å². The molecular formula is C18H14Cl2N2O3. The molecule has 0 radical (unpaired) electrons. The van der Waals surface area contributed by atoms with E-state index in [1.807, 2.05) is 18.2 Å². The summed E-state index contributed by atoms with van der Waals surface area (Å²) < 4.78 is 0. The van der Waals surface area contributed by atoms with Gasteiger partial charge < -0.3 is 5.32 Å². The van der Waals surface area contributed by atoms with Crippen molar-refractivity contribution in [2.45, 2.75) is 6.42 Å². The second-order valence-corrected chi connectivity index (χ2v) is 6.49. The van der Waals surface area contributed by atoms with Crippen molar-refractivity contribution >= 4 is 40.9 Å². The summed E-state index contributed by atoms with van der Waals surface area (Å²) in [7, 11) is 0. The number of nitrogens with one attached hydrogen (secondary N) is 1. The smallest absolute Gasteiger partial charge is 0.262 e. The topological polar surface area (TPSA) is 66.5 Å². The molecule has 0 atom stereocenters. The van der Waals surface area contributed by atoms with Crippen molar-refractivity contribution in [3.63, 3.8) is 0 Å². The van der Waals surface area contributed by atoms with Crippen molar-refractivity contribution in [2.24, 2.45) is 0 Å². The highest BCUT2D eigenvalue weighted by molar-refractivity contribution is 6.32. The Morgan fingerprint density at radius 3 is 2.44 bits per heavy atom. The molecule has 2 aromatic rings. The minimum atomic E-state index is -0.507. The van der Waals surface area contributed by atoms with Crippen LogP contribution in [0.3, 0.4) is 0 Å². The molecule has 0 spiro atoms. The molecule has 0 unspecified atom stereocenters. The van der Waals surface area contributed by atoms with E-state index in [2.05, 4.69) is 5.32 Å². The first-order valence-electron chi connectivity index (χ1n) is 7.62. The Balaban J connectivity index is 1.57. The van der Waals surface area contributed by atoms with E-state index in [-0.39, 0.29) is 17.7 Å². The van der Waals surface area contributed by atoms with E-state index in [1.165, 1.54) is 12.1 Å². The van der Waals surface area contributed by atoms with E-state index in [9.17, 15) is 14.4 Å². The SMILES string of the molecule is O=C(CN1C(=O)c2ccc(Cl)cc2C1=O)NCCc1cccc(Cl)c1. The summed E-state index contributed by atoms with van der Waals surface area (Å²) in [6.45, 7) is 0.0632.